The predicted octanol–water partition coefficient (Wildman–Crippen LogP) is 2.74. The Balaban J connectivity index is 1.86. The van der Waals surface area contributed by atoms with E-state index in [1.807, 2.05) is 30.3 Å². The molecule has 24 heavy (non-hydrogen) atoms. The molecule has 1 aliphatic carbocycles. The van der Waals surface area contributed by atoms with Crippen molar-refractivity contribution < 1.29 is 14.5 Å². The van der Waals surface area contributed by atoms with Crippen LogP contribution in [-0.4, -0.2) is 17.0 Å². The molecule has 0 radical (unpaired) electrons. The van der Waals surface area contributed by atoms with Gasteiger partial charge in [0.2, 0.25) is 0 Å². The van der Waals surface area contributed by atoms with Crippen LogP contribution in [0.3, 0.4) is 0 Å². The van der Waals surface area contributed by atoms with Crippen LogP contribution in [0.15, 0.2) is 48.5 Å². The van der Waals surface area contributed by atoms with Gasteiger partial charge in [-0.15, -0.1) is 0 Å². The topological polar surface area (TPSA) is 93.5 Å². The molecule has 2 aromatic rings. The monoisotopic (exact) mass is 327 g/mol. The fourth-order valence-electron chi connectivity index (χ4n) is 2.88. The van der Waals surface area contributed by atoms with Crippen molar-refractivity contribution in [3.05, 3.63) is 69.8 Å². The lowest BCUT2D eigenvalue weighted by atomic mass is 10.1. The summed E-state index contributed by atoms with van der Waals surface area (Å²) in [4.78, 5) is 22.0. The first-order valence-corrected chi connectivity index (χ1v) is 7.55. The molecule has 124 valence electrons. The molecule has 0 amide bonds. The number of hydrogen-bond acceptors (Lipinski definition) is 6. The van der Waals surface area contributed by atoms with E-state index in [9.17, 15) is 14.9 Å². The average molecular weight is 327 g/mol. The van der Waals surface area contributed by atoms with Crippen molar-refractivity contribution in [1.82, 2.24) is 5.43 Å². The number of nitrogens with one attached hydrogen (secondary N) is 2. The van der Waals surface area contributed by atoms with Gasteiger partial charge in [-0.1, -0.05) is 24.3 Å². The molecule has 0 saturated carbocycles. The zero-order valence-corrected chi connectivity index (χ0v) is 13.1. The second-order valence-electron chi connectivity index (χ2n) is 5.61. The number of hydrogen-bond donors (Lipinski definition) is 2. The average Bonchev–Trinajstić information content (AvgIpc) is 2.89. The summed E-state index contributed by atoms with van der Waals surface area (Å²) in [6, 6.07) is 13.8. The van der Waals surface area contributed by atoms with E-state index in [-0.39, 0.29) is 17.7 Å². The van der Waals surface area contributed by atoms with Crippen LogP contribution in [0.1, 0.15) is 24.1 Å². The van der Waals surface area contributed by atoms with E-state index in [2.05, 4.69) is 10.9 Å². The number of rotatable bonds is 5. The summed E-state index contributed by atoms with van der Waals surface area (Å²) < 4.78 is 5.38. The lowest BCUT2D eigenvalue weighted by Gasteiger charge is -2.22. The number of anilines is 1. The Morgan fingerprint density at radius 1 is 1.25 bits per heavy atom. The Kier molecular flexibility index (Phi) is 4.43. The number of benzene rings is 2. The third kappa shape index (κ3) is 3.36. The van der Waals surface area contributed by atoms with E-state index >= 15 is 0 Å². The van der Waals surface area contributed by atoms with Gasteiger partial charge in [0.1, 0.15) is 6.10 Å². The quantitative estimate of drug-likeness (QED) is 0.498. The molecule has 0 heterocycles. The zero-order chi connectivity index (χ0) is 17.1. The molecule has 0 unspecified atom stereocenters. The number of hydrazine groups is 1. The molecule has 7 nitrogen and oxygen atoms in total. The van der Waals surface area contributed by atoms with E-state index < -0.39 is 11.0 Å². The predicted molar refractivity (Wildman–Crippen MR) is 88.3 cm³/mol. The number of nitro benzene ring substituents is 1. The maximum Gasteiger partial charge on any atom is 0.302 e. The summed E-state index contributed by atoms with van der Waals surface area (Å²) in [5.74, 6) is -0.381. The minimum Gasteiger partial charge on any atom is -0.460 e. The smallest absolute Gasteiger partial charge is 0.302 e. The maximum absolute atomic E-state index is 11.4. The summed E-state index contributed by atoms with van der Waals surface area (Å²) in [6.45, 7) is 1.35. The Morgan fingerprint density at radius 3 is 2.67 bits per heavy atom. The first-order valence-electron chi connectivity index (χ1n) is 7.55. The Labute approximate surface area is 138 Å². The molecule has 2 N–H and O–H groups in total. The summed E-state index contributed by atoms with van der Waals surface area (Å²) in [7, 11) is 0. The first-order chi connectivity index (χ1) is 11.5. The van der Waals surface area contributed by atoms with Gasteiger partial charge in [-0.2, -0.15) is 0 Å². The molecule has 0 spiro atoms. The minimum atomic E-state index is -0.429. The molecule has 0 aromatic heterocycles. The summed E-state index contributed by atoms with van der Waals surface area (Å²) in [5, 5.41) is 11.0. The van der Waals surface area contributed by atoms with Gasteiger partial charge < -0.3 is 10.2 Å². The van der Waals surface area contributed by atoms with Crippen molar-refractivity contribution in [2.45, 2.75) is 25.5 Å². The van der Waals surface area contributed by atoms with Crippen molar-refractivity contribution in [2.75, 3.05) is 5.43 Å². The summed E-state index contributed by atoms with van der Waals surface area (Å²) >= 11 is 0. The molecular weight excluding hydrogens is 310 g/mol. The lowest BCUT2D eigenvalue weighted by molar-refractivity contribution is -0.384. The standard InChI is InChI=1S/C17H17N3O4/c1-11(21)24-16-9-12-7-8-14(20(22)23)10-15(12)17(16)19-18-13-5-3-2-4-6-13/h2-8,10,16-19H,9H2,1H3/t16-,17-/m1/s1. The fraction of sp³-hybridized carbons (Fsp3) is 0.235. The van der Waals surface area contributed by atoms with E-state index in [4.69, 9.17) is 4.74 Å². The number of non-ortho nitro benzene ring substituents is 1. The minimum absolute atomic E-state index is 0.0173. The van der Waals surface area contributed by atoms with Crippen molar-refractivity contribution in [3.8, 4) is 0 Å². The van der Waals surface area contributed by atoms with Gasteiger partial charge in [0.05, 0.1) is 11.0 Å². The molecular formula is C17H17N3O4. The molecule has 2 aromatic carbocycles. The van der Waals surface area contributed by atoms with Gasteiger partial charge in [0, 0.05) is 31.2 Å². The SMILES string of the molecule is CC(=O)O[C@@H]1Cc2ccc([N+](=O)[O-])cc2[C@H]1NNc1ccccc1. The largest absolute Gasteiger partial charge is 0.460 e. The molecule has 0 bridgehead atoms. The third-order valence-electron chi connectivity index (χ3n) is 3.93. The number of fused-ring (bicyclic) bond motifs is 1. The van der Waals surface area contributed by atoms with Crippen molar-refractivity contribution >= 4 is 17.3 Å². The Hall–Kier alpha value is -2.93. The fourth-order valence-corrected chi connectivity index (χ4v) is 2.88. The van der Waals surface area contributed by atoms with Gasteiger partial charge in [-0.3, -0.25) is 14.9 Å². The highest BCUT2D eigenvalue weighted by Crippen LogP contribution is 2.35. The number of nitro groups is 1. The number of para-hydroxylation sites is 1. The van der Waals surface area contributed by atoms with Crippen LogP contribution in [0.5, 0.6) is 0 Å². The molecule has 0 aliphatic heterocycles. The van der Waals surface area contributed by atoms with E-state index in [1.165, 1.54) is 19.1 Å². The Bertz CT molecular complexity index is 764. The van der Waals surface area contributed by atoms with Crippen LogP contribution < -0.4 is 10.9 Å². The van der Waals surface area contributed by atoms with Crippen LogP contribution >= 0.6 is 0 Å². The van der Waals surface area contributed by atoms with Crippen molar-refractivity contribution in [1.29, 1.82) is 0 Å². The molecule has 2 atom stereocenters. The van der Waals surface area contributed by atoms with Crippen LogP contribution in [0, 0.1) is 10.1 Å². The van der Waals surface area contributed by atoms with Gasteiger partial charge in [-0.05, 0) is 23.3 Å². The number of esters is 1. The third-order valence-corrected chi connectivity index (χ3v) is 3.93. The molecule has 3 rings (SSSR count). The van der Waals surface area contributed by atoms with Crippen molar-refractivity contribution in [2.24, 2.45) is 0 Å². The highest BCUT2D eigenvalue weighted by Gasteiger charge is 2.36. The molecule has 0 fully saturated rings. The first kappa shape index (κ1) is 15.9. The van der Waals surface area contributed by atoms with Crippen LogP contribution in [-0.2, 0) is 16.0 Å². The number of ether oxygens (including phenoxy) is 1. The number of carbonyl (C=O) groups is 1. The highest BCUT2D eigenvalue weighted by molar-refractivity contribution is 5.66. The van der Waals surface area contributed by atoms with E-state index in [0.29, 0.717) is 6.42 Å². The second kappa shape index (κ2) is 6.67. The van der Waals surface area contributed by atoms with Gasteiger partial charge in [0.25, 0.3) is 5.69 Å². The van der Waals surface area contributed by atoms with Crippen LogP contribution in [0.2, 0.25) is 0 Å². The number of nitrogens with zero attached hydrogens (tertiary/aromatic N) is 1. The normalized spacial score (nSPS) is 18.7. The zero-order valence-electron chi connectivity index (χ0n) is 13.1. The lowest BCUT2D eigenvalue weighted by Crippen LogP contribution is -2.35. The van der Waals surface area contributed by atoms with E-state index in [1.54, 1.807) is 6.07 Å². The summed E-state index contributed by atoms with van der Waals surface area (Å²) in [5.41, 5.74) is 8.75. The Morgan fingerprint density at radius 2 is 2.00 bits per heavy atom. The van der Waals surface area contributed by atoms with E-state index in [0.717, 1.165) is 16.8 Å². The number of carbonyl (C=O) groups excluding carboxylic acids is 1. The van der Waals surface area contributed by atoms with Crippen molar-refractivity contribution in [3.63, 3.8) is 0 Å². The highest BCUT2D eigenvalue weighted by atomic mass is 16.6. The molecule has 1 aliphatic rings. The van der Waals surface area contributed by atoms with Crippen LogP contribution in [0.25, 0.3) is 0 Å². The van der Waals surface area contributed by atoms with Gasteiger partial charge in [0.15, 0.2) is 0 Å². The van der Waals surface area contributed by atoms with Gasteiger partial charge in [-0.25, -0.2) is 5.43 Å². The molecule has 0 saturated heterocycles. The van der Waals surface area contributed by atoms with Gasteiger partial charge >= 0.3 is 5.97 Å². The van der Waals surface area contributed by atoms with Crippen LogP contribution in [0.4, 0.5) is 11.4 Å². The maximum atomic E-state index is 11.4. The summed E-state index contributed by atoms with van der Waals surface area (Å²) in [6.07, 6.45) is 0.0943. The molecule has 7 heteroatoms. The second-order valence-corrected chi connectivity index (χ2v) is 5.61.